The zero-order valence-electron chi connectivity index (χ0n) is 10.8. The van der Waals surface area contributed by atoms with E-state index >= 15 is 0 Å². The Morgan fingerprint density at radius 2 is 1.89 bits per heavy atom. The van der Waals surface area contributed by atoms with Gasteiger partial charge in [-0.15, -0.1) is 0 Å². The highest BCUT2D eigenvalue weighted by Crippen LogP contribution is 2.16. The third-order valence-corrected chi connectivity index (χ3v) is 3.48. The summed E-state index contributed by atoms with van der Waals surface area (Å²) in [4.78, 5) is 0. The SMILES string of the molecule is OC(COc1ccc(Br)cc1)COC1CCOCC1. The van der Waals surface area contributed by atoms with Crippen molar-refractivity contribution in [3.8, 4) is 5.75 Å². The molecule has 0 saturated carbocycles. The topological polar surface area (TPSA) is 47.9 Å². The lowest BCUT2D eigenvalue weighted by Crippen LogP contribution is -2.30. The number of aliphatic hydroxyl groups is 1. The Kier molecular flexibility index (Phi) is 6.10. The maximum Gasteiger partial charge on any atom is 0.119 e. The van der Waals surface area contributed by atoms with E-state index in [2.05, 4.69) is 15.9 Å². The number of ether oxygens (including phenoxy) is 3. The monoisotopic (exact) mass is 330 g/mol. The van der Waals surface area contributed by atoms with Crippen molar-refractivity contribution in [3.63, 3.8) is 0 Å². The lowest BCUT2D eigenvalue weighted by molar-refractivity contribution is -0.0659. The molecule has 0 amide bonds. The maximum absolute atomic E-state index is 9.81. The van der Waals surface area contributed by atoms with Gasteiger partial charge in [0, 0.05) is 17.7 Å². The summed E-state index contributed by atoms with van der Waals surface area (Å²) >= 11 is 3.36. The first-order chi connectivity index (χ1) is 9.24. The average Bonchev–Trinajstić information content (AvgIpc) is 2.45. The van der Waals surface area contributed by atoms with Gasteiger partial charge in [-0.25, -0.2) is 0 Å². The van der Waals surface area contributed by atoms with Gasteiger partial charge in [0.15, 0.2) is 0 Å². The largest absolute Gasteiger partial charge is 0.491 e. The Bertz CT molecular complexity index is 362. The molecule has 1 saturated heterocycles. The fourth-order valence-corrected chi connectivity index (χ4v) is 2.13. The fourth-order valence-electron chi connectivity index (χ4n) is 1.86. The summed E-state index contributed by atoms with van der Waals surface area (Å²) in [6.07, 6.45) is 1.41. The summed E-state index contributed by atoms with van der Waals surface area (Å²) in [5, 5.41) is 9.81. The third-order valence-electron chi connectivity index (χ3n) is 2.95. The Balaban J connectivity index is 1.63. The summed E-state index contributed by atoms with van der Waals surface area (Å²) < 4.78 is 17.4. The van der Waals surface area contributed by atoms with Crippen molar-refractivity contribution < 1.29 is 19.3 Å². The van der Waals surface area contributed by atoms with E-state index < -0.39 is 6.10 Å². The summed E-state index contributed by atoms with van der Waals surface area (Å²) in [6.45, 7) is 2.04. The van der Waals surface area contributed by atoms with Crippen molar-refractivity contribution in [2.24, 2.45) is 0 Å². The van der Waals surface area contributed by atoms with E-state index in [4.69, 9.17) is 14.2 Å². The molecule has 0 bridgehead atoms. The zero-order valence-corrected chi connectivity index (χ0v) is 12.3. The van der Waals surface area contributed by atoms with Crippen LogP contribution < -0.4 is 4.74 Å². The summed E-state index contributed by atoms with van der Waals surface area (Å²) in [5.41, 5.74) is 0. The van der Waals surface area contributed by atoms with Crippen LogP contribution in [0.15, 0.2) is 28.7 Å². The van der Waals surface area contributed by atoms with Crippen molar-refractivity contribution >= 4 is 15.9 Å². The van der Waals surface area contributed by atoms with Crippen LogP contribution >= 0.6 is 15.9 Å². The highest BCUT2D eigenvalue weighted by molar-refractivity contribution is 9.10. The highest BCUT2D eigenvalue weighted by Gasteiger charge is 2.16. The van der Waals surface area contributed by atoms with E-state index in [1.807, 2.05) is 24.3 Å². The molecule has 1 aliphatic rings. The van der Waals surface area contributed by atoms with Gasteiger partial charge < -0.3 is 19.3 Å². The molecule has 0 spiro atoms. The molecule has 4 nitrogen and oxygen atoms in total. The lowest BCUT2D eigenvalue weighted by Gasteiger charge is -2.23. The van der Waals surface area contributed by atoms with Gasteiger partial charge in [0.1, 0.15) is 18.5 Å². The van der Waals surface area contributed by atoms with Crippen LogP contribution in [-0.2, 0) is 9.47 Å². The molecule has 1 aliphatic heterocycles. The quantitative estimate of drug-likeness (QED) is 0.870. The van der Waals surface area contributed by atoms with Gasteiger partial charge in [-0.1, -0.05) is 15.9 Å². The third kappa shape index (κ3) is 5.48. The Morgan fingerprint density at radius 1 is 1.21 bits per heavy atom. The molecule has 0 radical (unpaired) electrons. The zero-order chi connectivity index (χ0) is 13.5. The first kappa shape index (κ1) is 14.8. The van der Waals surface area contributed by atoms with Gasteiger partial charge in [-0.3, -0.25) is 0 Å². The van der Waals surface area contributed by atoms with E-state index in [-0.39, 0.29) is 12.7 Å². The van der Waals surface area contributed by atoms with Gasteiger partial charge in [0.2, 0.25) is 0 Å². The minimum Gasteiger partial charge on any atom is -0.491 e. The van der Waals surface area contributed by atoms with Crippen LogP contribution in [0.5, 0.6) is 5.75 Å². The molecule has 106 valence electrons. The van der Waals surface area contributed by atoms with E-state index in [0.29, 0.717) is 6.61 Å². The highest BCUT2D eigenvalue weighted by atomic mass is 79.9. The molecule has 0 aromatic heterocycles. The van der Waals surface area contributed by atoms with Gasteiger partial charge in [0.05, 0.1) is 12.7 Å². The van der Waals surface area contributed by atoms with Gasteiger partial charge >= 0.3 is 0 Å². The molecular weight excluding hydrogens is 312 g/mol. The molecule has 5 heteroatoms. The van der Waals surface area contributed by atoms with Crippen LogP contribution in [0.1, 0.15) is 12.8 Å². The summed E-state index contributed by atoms with van der Waals surface area (Å²) in [7, 11) is 0. The Hall–Kier alpha value is -0.620. The predicted octanol–water partition coefficient (Wildman–Crippen LogP) is 2.38. The van der Waals surface area contributed by atoms with Crippen LogP contribution in [0.25, 0.3) is 0 Å². The average molecular weight is 331 g/mol. The first-order valence-electron chi connectivity index (χ1n) is 6.50. The number of halogens is 1. The molecular formula is C14H19BrO4. The fraction of sp³-hybridized carbons (Fsp3) is 0.571. The first-order valence-corrected chi connectivity index (χ1v) is 7.29. The molecule has 1 aromatic carbocycles. The molecule has 19 heavy (non-hydrogen) atoms. The van der Waals surface area contributed by atoms with Crippen LogP contribution in [0.4, 0.5) is 0 Å². The standard InChI is InChI=1S/C14H19BrO4/c15-11-1-3-13(4-2-11)18-9-12(16)10-19-14-5-7-17-8-6-14/h1-4,12,14,16H,5-10H2. The molecule has 1 atom stereocenters. The van der Waals surface area contributed by atoms with Crippen LogP contribution in [0.3, 0.4) is 0 Å². The molecule has 1 unspecified atom stereocenters. The molecule has 2 rings (SSSR count). The predicted molar refractivity (Wildman–Crippen MR) is 75.4 cm³/mol. The van der Waals surface area contributed by atoms with Gasteiger partial charge in [0.25, 0.3) is 0 Å². The second-order valence-electron chi connectivity index (χ2n) is 4.56. The molecule has 0 aliphatic carbocycles. The molecule has 1 fully saturated rings. The number of hydrogen-bond acceptors (Lipinski definition) is 4. The van der Waals surface area contributed by atoms with Crippen LogP contribution in [0, 0.1) is 0 Å². The minimum absolute atomic E-state index is 0.205. The van der Waals surface area contributed by atoms with E-state index in [9.17, 15) is 5.11 Å². The second-order valence-corrected chi connectivity index (χ2v) is 5.48. The smallest absolute Gasteiger partial charge is 0.119 e. The summed E-state index contributed by atoms with van der Waals surface area (Å²) in [5.74, 6) is 0.744. The van der Waals surface area contributed by atoms with Crippen molar-refractivity contribution in [2.75, 3.05) is 26.4 Å². The van der Waals surface area contributed by atoms with E-state index in [1.165, 1.54) is 0 Å². The van der Waals surface area contributed by atoms with Crippen LogP contribution in [0.2, 0.25) is 0 Å². The van der Waals surface area contributed by atoms with E-state index in [1.54, 1.807) is 0 Å². The van der Waals surface area contributed by atoms with Crippen molar-refractivity contribution in [1.82, 2.24) is 0 Å². The molecule has 1 aromatic rings. The number of rotatable bonds is 6. The molecule has 1 heterocycles. The number of hydrogen-bond donors (Lipinski definition) is 1. The summed E-state index contributed by atoms with van der Waals surface area (Å²) in [6, 6.07) is 7.52. The van der Waals surface area contributed by atoms with Crippen LogP contribution in [-0.4, -0.2) is 43.7 Å². The number of aliphatic hydroxyl groups excluding tert-OH is 1. The normalized spacial score (nSPS) is 18.2. The maximum atomic E-state index is 9.81. The minimum atomic E-state index is -0.605. The second kappa shape index (κ2) is 7.85. The Morgan fingerprint density at radius 3 is 2.58 bits per heavy atom. The number of benzene rings is 1. The van der Waals surface area contributed by atoms with Gasteiger partial charge in [-0.05, 0) is 37.1 Å². The van der Waals surface area contributed by atoms with Gasteiger partial charge in [-0.2, -0.15) is 0 Å². The molecule has 1 N–H and O–H groups in total. The van der Waals surface area contributed by atoms with Crippen molar-refractivity contribution in [1.29, 1.82) is 0 Å². The van der Waals surface area contributed by atoms with E-state index in [0.717, 1.165) is 36.3 Å². The van der Waals surface area contributed by atoms with Crippen molar-refractivity contribution in [2.45, 2.75) is 25.0 Å². The Labute approximate surface area is 121 Å². The lowest BCUT2D eigenvalue weighted by atomic mass is 10.1. The van der Waals surface area contributed by atoms with Crippen molar-refractivity contribution in [3.05, 3.63) is 28.7 Å².